The number of nitrogens with zero attached hydrogens (tertiary/aromatic N) is 1. The van der Waals surface area contributed by atoms with Gasteiger partial charge in [-0.2, -0.15) is 0 Å². The number of nitrogens with one attached hydrogen (secondary N) is 1. The van der Waals surface area contributed by atoms with Crippen molar-refractivity contribution >= 4 is 29.5 Å². The summed E-state index contributed by atoms with van der Waals surface area (Å²) in [6, 6.07) is 4.61. The van der Waals surface area contributed by atoms with Crippen molar-refractivity contribution in [2.45, 2.75) is 33.3 Å². The van der Waals surface area contributed by atoms with Gasteiger partial charge in [0.2, 0.25) is 5.91 Å². The monoisotopic (exact) mass is 347 g/mol. The van der Waals surface area contributed by atoms with Gasteiger partial charge in [-0.05, 0) is 38.0 Å². The van der Waals surface area contributed by atoms with Crippen LogP contribution in [0.5, 0.6) is 0 Å². The van der Waals surface area contributed by atoms with Gasteiger partial charge in [0.25, 0.3) is 5.91 Å². The minimum Gasteiger partial charge on any atom is -0.452 e. The highest BCUT2D eigenvalue weighted by molar-refractivity contribution is 6.01. The molecule has 0 spiro atoms. The highest BCUT2D eigenvalue weighted by Crippen LogP contribution is 2.30. The van der Waals surface area contributed by atoms with Gasteiger partial charge in [-0.3, -0.25) is 19.7 Å². The zero-order valence-corrected chi connectivity index (χ0v) is 14.4. The van der Waals surface area contributed by atoms with Crippen molar-refractivity contribution in [3.05, 3.63) is 29.3 Å². The van der Waals surface area contributed by atoms with E-state index in [2.05, 4.69) is 0 Å². The number of imide groups is 1. The normalized spacial score (nSPS) is 18.0. The molecule has 2 rings (SSSR count). The predicted molar refractivity (Wildman–Crippen MR) is 89.7 cm³/mol. The summed E-state index contributed by atoms with van der Waals surface area (Å²) in [5, 5.41) is 1.84. The van der Waals surface area contributed by atoms with Crippen LogP contribution in [0.1, 0.15) is 24.5 Å². The number of carbonyl (C=O) groups excluding carboxylic acids is 4. The van der Waals surface area contributed by atoms with Crippen LogP contribution in [0.4, 0.5) is 10.5 Å². The quantitative estimate of drug-likeness (QED) is 0.780. The summed E-state index contributed by atoms with van der Waals surface area (Å²) in [4.78, 5) is 48.3. The maximum Gasteiger partial charge on any atom is 0.318 e. The van der Waals surface area contributed by atoms with Crippen LogP contribution in [0.25, 0.3) is 0 Å². The highest BCUT2D eigenvalue weighted by atomic mass is 16.5. The molecule has 0 unspecified atom stereocenters. The molecule has 0 saturated carbocycles. The Morgan fingerprint density at radius 3 is 2.64 bits per heavy atom. The van der Waals surface area contributed by atoms with Gasteiger partial charge in [0, 0.05) is 18.7 Å². The van der Waals surface area contributed by atoms with Gasteiger partial charge in [0.05, 0.1) is 5.92 Å². The van der Waals surface area contributed by atoms with E-state index in [1.54, 1.807) is 4.90 Å². The number of nitrogens with two attached hydrogens (primary N) is 1. The zero-order valence-electron chi connectivity index (χ0n) is 14.4. The predicted octanol–water partition coefficient (Wildman–Crippen LogP) is 0.783. The Morgan fingerprint density at radius 1 is 1.32 bits per heavy atom. The van der Waals surface area contributed by atoms with Gasteiger partial charge < -0.3 is 15.4 Å². The van der Waals surface area contributed by atoms with E-state index < -0.39 is 29.9 Å². The maximum absolute atomic E-state index is 12.3. The first-order chi connectivity index (χ1) is 11.7. The van der Waals surface area contributed by atoms with E-state index in [0.717, 1.165) is 16.8 Å². The molecule has 1 aromatic carbocycles. The topological polar surface area (TPSA) is 119 Å². The van der Waals surface area contributed by atoms with Crippen molar-refractivity contribution in [2.24, 2.45) is 11.7 Å². The second kappa shape index (κ2) is 7.33. The van der Waals surface area contributed by atoms with E-state index in [-0.39, 0.29) is 18.9 Å². The fourth-order valence-corrected chi connectivity index (χ4v) is 2.67. The molecular weight excluding hydrogens is 326 g/mol. The lowest BCUT2D eigenvalue weighted by molar-refractivity contribution is -0.158. The third-order valence-electron chi connectivity index (χ3n) is 4.23. The Morgan fingerprint density at radius 2 is 2.00 bits per heavy atom. The fraction of sp³-hybridized carbons (Fsp3) is 0.412. The average molecular weight is 347 g/mol. The summed E-state index contributed by atoms with van der Waals surface area (Å²) < 4.78 is 5.05. The number of hydrogen-bond donors (Lipinski definition) is 2. The summed E-state index contributed by atoms with van der Waals surface area (Å²) in [6.45, 7) is 5.38. The van der Waals surface area contributed by atoms with Crippen LogP contribution in [0, 0.1) is 19.8 Å². The van der Waals surface area contributed by atoms with Crippen molar-refractivity contribution < 1.29 is 23.9 Å². The standard InChI is InChI=1S/C17H21N3O5/c1-9-5-4-6-13(10(9)2)20-8-12(7-14(20)21)16(23)25-11(3)15(22)19-17(18)24/h4-6,11-12H,7-8H2,1-3H3,(H3,18,19,22,24)/t11-,12+/m1/s1. The molecule has 8 nitrogen and oxygen atoms in total. The maximum atomic E-state index is 12.3. The number of esters is 1. The first kappa shape index (κ1) is 18.4. The van der Waals surface area contributed by atoms with Gasteiger partial charge in [-0.1, -0.05) is 12.1 Å². The van der Waals surface area contributed by atoms with Gasteiger partial charge in [-0.25, -0.2) is 4.79 Å². The molecule has 1 heterocycles. The Hall–Kier alpha value is -2.90. The Kier molecular flexibility index (Phi) is 5.41. The number of aryl methyl sites for hydroxylation is 1. The first-order valence-corrected chi connectivity index (χ1v) is 7.88. The number of amides is 4. The molecule has 1 aromatic rings. The van der Waals surface area contributed by atoms with E-state index in [4.69, 9.17) is 10.5 Å². The van der Waals surface area contributed by atoms with Crippen LogP contribution >= 0.6 is 0 Å². The average Bonchev–Trinajstić information content (AvgIpc) is 2.91. The van der Waals surface area contributed by atoms with Crippen LogP contribution in [0.15, 0.2) is 18.2 Å². The van der Waals surface area contributed by atoms with E-state index in [1.807, 2.05) is 37.4 Å². The van der Waals surface area contributed by atoms with Gasteiger partial charge in [0.1, 0.15) is 0 Å². The fourth-order valence-electron chi connectivity index (χ4n) is 2.67. The second-order valence-corrected chi connectivity index (χ2v) is 6.06. The number of primary amides is 1. The number of anilines is 1. The van der Waals surface area contributed by atoms with Gasteiger partial charge >= 0.3 is 12.0 Å². The molecule has 134 valence electrons. The molecule has 2 atom stereocenters. The van der Waals surface area contributed by atoms with Crippen LogP contribution < -0.4 is 16.0 Å². The molecule has 0 radical (unpaired) electrons. The molecular formula is C17H21N3O5. The number of benzene rings is 1. The summed E-state index contributed by atoms with van der Waals surface area (Å²) in [5.74, 6) is -2.31. The third kappa shape index (κ3) is 4.14. The van der Waals surface area contributed by atoms with E-state index in [9.17, 15) is 19.2 Å². The number of rotatable bonds is 4. The largest absolute Gasteiger partial charge is 0.452 e. The Balaban J connectivity index is 2.04. The lowest BCUT2D eigenvalue weighted by atomic mass is 10.1. The molecule has 25 heavy (non-hydrogen) atoms. The van der Waals surface area contributed by atoms with Gasteiger partial charge in [0.15, 0.2) is 6.10 Å². The molecule has 4 amide bonds. The van der Waals surface area contributed by atoms with Crippen LogP contribution in [-0.2, 0) is 19.1 Å². The molecule has 1 fully saturated rings. The van der Waals surface area contributed by atoms with Crippen molar-refractivity contribution in [1.29, 1.82) is 0 Å². The lowest BCUT2D eigenvalue weighted by Crippen LogP contribution is -2.42. The van der Waals surface area contributed by atoms with Crippen molar-refractivity contribution in [2.75, 3.05) is 11.4 Å². The number of ether oxygens (including phenoxy) is 1. The van der Waals surface area contributed by atoms with Gasteiger partial charge in [-0.15, -0.1) is 0 Å². The summed E-state index contributed by atoms with van der Waals surface area (Å²) in [5.41, 5.74) is 7.63. The zero-order chi connectivity index (χ0) is 18.7. The molecule has 1 aliphatic rings. The molecule has 8 heteroatoms. The second-order valence-electron chi connectivity index (χ2n) is 6.06. The number of hydrogen-bond acceptors (Lipinski definition) is 5. The molecule has 0 aromatic heterocycles. The Bertz CT molecular complexity index is 731. The Labute approximate surface area is 145 Å². The molecule has 3 N–H and O–H groups in total. The van der Waals surface area contributed by atoms with Crippen LogP contribution in [0.2, 0.25) is 0 Å². The smallest absolute Gasteiger partial charge is 0.318 e. The van der Waals surface area contributed by atoms with E-state index in [0.29, 0.717) is 0 Å². The minimum absolute atomic E-state index is 0.0103. The molecule has 1 saturated heterocycles. The van der Waals surface area contributed by atoms with Crippen LogP contribution in [0.3, 0.4) is 0 Å². The molecule has 1 aliphatic heterocycles. The van der Waals surface area contributed by atoms with E-state index in [1.165, 1.54) is 6.92 Å². The first-order valence-electron chi connectivity index (χ1n) is 7.88. The highest BCUT2D eigenvalue weighted by Gasteiger charge is 2.37. The van der Waals surface area contributed by atoms with Crippen molar-refractivity contribution in [3.8, 4) is 0 Å². The summed E-state index contributed by atoms with van der Waals surface area (Å²) >= 11 is 0. The van der Waals surface area contributed by atoms with Crippen molar-refractivity contribution in [3.63, 3.8) is 0 Å². The summed E-state index contributed by atoms with van der Waals surface area (Å²) in [6.07, 6.45) is -1.17. The van der Waals surface area contributed by atoms with Crippen LogP contribution in [-0.4, -0.2) is 36.5 Å². The molecule has 0 aliphatic carbocycles. The third-order valence-corrected chi connectivity index (χ3v) is 4.23. The minimum atomic E-state index is -1.18. The lowest BCUT2D eigenvalue weighted by Gasteiger charge is -2.20. The number of carbonyl (C=O) groups is 4. The number of urea groups is 1. The van der Waals surface area contributed by atoms with Crippen molar-refractivity contribution in [1.82, 2.24) is 5.32 Å². The summed E-state index contributed by atoms with van der Waals surface area (Å²) in [7, 11) is 0. The SMILES string of the molecule is Cc1cccc(N2C[C@@H](C(=O)O[C@H](C)C(=O)NC(N)=O)CC2=O)c1C. The van der Waals surface area contributed by atoms with E-state index >= 15 is 0 Å². The molecule has 0 bridgehead atoms.